The summed E-state index contributed by atoms with van der Waals surface area (Å²) in [6, 6.07) is 21.7. The Morgan fingerprint density at radius 3 is 1.18 bits per heavy atom. The molecule has 0 aliphatic rings. The molecule has 0 aliphatic heterocycles. The molecule has 0 saturated heterocycles. The summed E-state index contributed by atoms with van der Waals surface area (Å²) in [5.74, 6) is -3.71. The van der Waals surface area contributed by atoms with E-state index in [4.69, 9.17) is 9.11 Å². The number of carboxylic acids is 1. The average molecular weight is 989 g/mol. The second kappa shape index (κ2) is 23.7. The second-order valence-corrected chi connectivity index (χ2v) is 18.9. The van der Waals surface area contributed by atoms with Crippen molar-refractivity contribution in [3.05, 3.63) is 120 Å². The first-order valence-corrected chi connectivity index (χ1v) is 23.4. The van der Waals surface area contributed by atoms with Crippen LogP contribution in [0.5, 0.6) is 11.5 Å². The van der Waals surface area contributed by atoms with Crippen LogP contribution in [0, 0.1) is 0 Å². The summed E-state index contributed by atoms with van der Waals surface area (Å²) in [5, 5.41) is 51.2. The molecule has 0 aromatic heterocycles. The van der Waals surface area contributed by atoms with Gasteiger partial charge in [0.05, 0.1) is 74.2 Å². The molecule has 5 rings (SSSR count). The largest absolute Gasteiger partial charge is 1.00 e. The van der Waals surface area contributed by atoms with Crippen molar-refractivity contribution in [1.29, 1.82) is 0 Å². The first kappa shape index (κ1) is 54.7. The summed E-state index contributed by atoms with van der Waals surface area (Å²) in [6.07, 6.45) is 2.33. The van der Waals surface area contributed by atoms with Crippen molar-refractivity contribution in [1.82, 2.24) is 0 Å². The van der Waals surface area contributed by atoms with Crippen molar-refractivity contribution >= 4 is 93.0 Å². The Balaban J connectivity index is 0.00000561. The molecule has 0 fully saturated rings. The van der Waals surface area contributed by atoms with E-state index in [1.54, 1.807) is 0 Å². The fourth-order valence-corrected chi connectivity index (χ4v) is 7.94. The summed E-state index contributed by atoms with van der Waals surface area (Å²) in [5.41, 5.74) is 0.835. The number of hydrogen-bond donors (Lipinski definition) is 3. The molecular weight excluding hydrogens is 959 g/mol. The summed E-state index contributed by atoms with van der Waals surface area (Å²) in [6.45, 7) is -1.59. The van der Waals surface area contributed by atoms with E-state index >= 15 is 0 Å². The Morgan fingerprint density at radius 1 is 0.508 bits per heavy atom. The molecule has 0 saturated carbocycles. The molecule has 22 nitrogen and oxygen atoms in total. The molecule has 0 atom stereocenters. The Morgan fingerprint density at radius 2 is 0.846 bits per heavy atom. The van der Waals surface area contributed by atoms with Gasteiger partial charge in [-0.05, 0) is 102 Å². The van der Waals surface area contributed by atoms with Gasteiger partial charge in [-0.1, -0.05) is 23.6 Å². The predicted octanol–water partition coefficient (Wildman–Crippen LogP) is -0.942. The van der Waals surface area contributed by atoms with Crippen LogP contribution in [0.3, 0.4) is 0 Å². The van der Waals surface area contributed by atoms with Crippen LogP contribution < -0.4 is 69.3 Å². The topological polar surface area (TPSA) is 353 Å². The summed E-state index contributed by atoms with van der Waals surface area (Å²) in [4.78, 5) is 20.1. The quantitative estimate of drug-likeness (QED) is 0.0389. The van der Waals surface area contributed by atoms with E-state index in [0.29, 0.717) is 0 Å². The molecule has 5 aromatic carbocycles. The van der Waals surface area contributed by atoms with Gasteiger partial charge in [-0.15, -0.1) is 0 Å². The summed E-state index contributed by atoms with van der Waals surface area (Å²) < 4.78 is 118. The third-order valence-corrected chi connectivity index (χ3v) is 12.3. The fourth-order valence-electron chi connectivity index (χ4n) is 4.96. The molecule has 5 aromatic rings. The zero-order chi connectivity index (χ0) is 46.0. The average Bonchev–Trinajstić information content (AvgIpc) is 3.21. The van der Waals surface area contributed by atoms with Crippen LogP contribution in [0.4, 0.5) is 34.1 Å². The number of azo groups is 2. The van der Waals surface area contributed by atoms with Crippen LogP contribution in [0.2, 0.25) is 0 Å². The predicted molar refractivity (Wildman–Crippen MR) is 220 cm³/mol. The van der Waals surface area contributed by atoms with Gasteiger partial charge in [0.25, 0.3) is 0 Å². The van der Waals surface area contributed by atoms with Gasteiger partial charge < -0.3 is 15.3 Å². The minimum atomic E-state index is -4.81. The van der Waals surface area contributed by atoms with E-state index in [0.717, 1.165) is 0 Å². The monoisotopic (exact) mass is 988 g/mol. The van der Waals surface area contributed by atoms with Gasteiger partial charge in [0.15, 0.2) is 19.7 Å². The van der Waals surface area contributed by atoms with Crippen LogP contribution in [-0.2, 0) is 48.8 Å². The van der Waals surface area contributed by atoms with Crippen LogP contribution in [-0.4, -0.2) is 91.0 Å². The Hall–Kier alpha value is -4.65. The number of carboxylic acid groups (broad SMARTS) is 1. The zero-order valence-corrected chi connectivity index (χ0v) is 41.0. The second-order valence-electron chi connectivity index (χ2n) is 12.5. The number of aliphatic imine (C=N–C) groups is 2. The molecule has 0 amide bonds. The van der Waals surface area contributed by atoms with Crippen molar-refractivity contribution in [3.63, 3.8) is 0 Å². The van der Waals surface area contributed by atoms with Gasteiger partial charge in [-0.2, -0.15) is 37.3 Å². The molecular formula is C37H30N6Na2O16S4. The minimum Gasteiger partial charge on any atom is -0.872 e. The standard InChI is InChI=1S/C37H32N6O16S4.2Na/c44-35-11-5-29(42-40-27-1-7-33(8-2-27)60(48,49)15-13-58-62(52,53)54)19-25(35)22-38-31-17-24(37(46)47)18-32(21-31)39-23-26-20-30(6-12-36(26)45)43-41-28-3-9-34(10-4-28)61(50,51)16-14-59-63(55,56)57;;/h1-12,17-23,44-45H,13-16H2,(H,46,47)(H,52,53,54)(H,55,56,57);;/q;2*+1/p-2. The van der Waals surface area contributed by atoms with Crippen molar-refractivity contribution < 1.29 is 130 Å². The Kier molecular flexibility index (Phi) is 19.9. The van der Waals surface area contributed by atoms with Gasteiger partial charge >= 0.3 is 85.9 Å². The van der Waals surface area contributed by atoms with Crippen LogP contribution >= 0.6 is 0 Å². The molecule has 0 aliphatic carbocycles. The number of hydrogen-bond acceptors (Lipinski definition) is 19. The van der Waals surface area contributed by atoms with E-state index in [1.165, 1.54) is 116 Å². The molecule has 65 heavy (non-hydrogen) atoms. The van der Waals surface area contributed by atoms with Crippen LogP contribution in [0.1, 0.15) is 21.5 Å². The van der Waals surface area contributed by atoms with Gasteiger partial charge in [-0.25, -0.2) is 30.0 Å². The number of rotatable bonds is 19. The van der Waals surface area contributed by atoms with Crippen molar-refractivity contribution in [2.75, 3.05) is 24.7 Å². The van der Waals surface area contributed by atoms with Crippen LogP contribution in [0.15, 0.2) is 143 Å². The van der Waals surface area contributed by atoms with Gasteiger partial charge in [0, 0.05) is 12.4 Å². The molecule has 0 radical (unpaired) electrons. The molecule has 3 N–H and O–H groups in total. The van der Waals surface area contributed by atoms with Crippen molar-refractivity contribution in [3.8, 4) is 11.5 Å². The summed E-state index contributed by atoms with van der Waals surface area (Å²) >= 11 is 0. The molecule has 0 spiro atoms. The van der Waals surface area contributed by atoms with E-state index in [9.17, 15) is 53.8 Å². The summed E-state index contributed by atoms with van der Waals surface area (Å²) in [7, 11) is -17.5. The molecule has 0 bridgehead atoms. The zero-order valence-electron chi connectivity index (χ0n) is 33.8. The number of nitrogens with zero attached hydrogens (tertiary/aromatic N) is 6. The van der Waals surface area contributed by atoms with Gasteiger partial charge in [0.1, 0.15) is 0 Å². The first-order valence-electron chi connectivity index (χ1n) is 17.4. The molecule has 330 valence electrons. The maximum Gasteiger partial charge on any atom is 1.00 e. The SMILES string of the molecule is O=C(O)c1cc(N=Cc2cc(N=Nc3ccc(S(=O)(=O)CCOS(=O)(=O)O)cc3)ccc2[O-])cc(N=Cc2cc(N=Nc3ccc(S(=O)(=O)CCOS(=O)(=O)O)cc3)ccc2[O-])c1.[Na+].[Na+]. The minimum absolute atomic E-state index is 0. The van der Waals surface area contributed by atoms with Crippen molar-refractivity contribution in [2.45, 2.75) is 9.79 Å². The van der Waals surface area contributed by atoms with E-state index in [1.807, 2.05) is 0 Å². The van der Waals surface area contributed by atoms with E-state index < -0.39 is 82.7 Å². The Labute approximate surface area is 415 Å². The number of benzene rings is 5. The number of sulfone groups is 2. The van der Waals surface area contributed by atoms with Gasteiger partial charge in [-0.3, -0.25) is 19.1 Å². The van der Waals surface area contributed by atoms with E-state index in [2.05, 4.69) is 38.8 Å². The maximum atomic E-state index is 12.6. The number of aromatic carboxylic acids is 1. The molecule has 0 unspecified atom stereocenters. The van der Waals surface area contributed by atoms with E-state index in [-0.39, 0.29) is 120 Å². The fraction of sp³-hybridized carbons (Fsp3) is 0.108. The normalized spacial score (nSPS) is 12.5. The molecule has 0 heterocycles. The van der Waals surface area contributed by atoms with Gasteiger partial charge in [0.2, 0.25) is 0 Å². The van der Waals surface area contributed by atoms with Crippen molar-refractivity contribution in [2.24, 2.45) is 30.4 Å². The third kappa shape index (κ3) is 17.6. The Bertz CT molecular complexity index is 2900. The third-order valence-electron chi connectivity index (χ3n) is 7.96. The smallest absolute Gasteiger partial charge is 0.872 e. The molecule has 28 heteroatoms. The van der Waals surface area contributed by atoms with Crippen LogP contribution in [0.25, 0.3) is 0 Å². The maximum absolute atomic E-state index is 12.6. The first-order chi connectivity index (χ1) is 29.5. The number of carbonyl (C=O) groups is 1.